The van der Waals surface area contributed by atoms with Crippen molar-refractivity contribution in [1.82, 2.24) is 0 Å². The highest BCUT2D eigenvalue weighted by Gasteiger charge is 2.27. The Hall–Kier alpha value is -2.90. The van der Waals surface area contributed by atoms with Gasteiger partial charge in [0.05, 0.1) is 12.5 Å². The van der Waals surface area contributed by atoms with E-state index < -0.39 is 5.97 Å². The molecule has 4 N–H and O–H groups in total. The summed E-state index contributed by atoms with van der Waals surface area (Å²) in [6, 6.07) is 6.19. The first kappa shape index (κ1) is 21.4. The van der Waals surface area contributed by atoms with E-state index in [4.69, 9.17) is 20.9 Å². The summed E-state index contributed by atoms with van der Waals surface area (Å²) in [7, 11) is 0. The van der Waals surface area contributed by atoms with Gasteiger partial charge in [-0.15, -0.1) is 0 Å². The van der Waals surface area contributed by atoms with E-state index in [1.807, 2.05) is 0 Å². The van der Waals surface area contributed by atoms with Crippen LogP contribution in [0.5, 0.6) is 5.75 Å². The second-order valence-corrected chi connectivity index (χ2v) is 6.83. The summed E-state index contributed by atoms with van der Waals surface area (Å²) in [6.45, 7) is 2.50. The van der Waals surface area contributed by atoms with Crippen LogP contribution in [0.4, 0.5) is 0 Å². The number of guanidine groups is 1. The number of ketones is 1. The van der Waals surface area contributed by atoms with Crippen molar-refractivity contribution in [2.45, 2.75) is 39.0 Å². The Kier molecular flexibility index (Phi) is 7.98. The van der Waals surface area contributed by atoms with Crippen molar-refractivity contribution in [3.63, 3.8) is 0 Å². The van der Waals surface area contributed by atoms with E-state index in [0.29, 0.717) is 23.8 Å². The van der Waals surface area contributed by atoms with Crippen molar-refractivity contribution < 1.29 is 23.9 Å². The number of Topliss-reactive ketones (excluding diaryl/α,β-unsaturated/α-hetero) is 1. The number of hydrogen-bond acceptors (Lipinski definition) is 6. The van der Waals surface area contributed by atoms with Crippen molar-refractivity contribution in [2.75, 3.05) is 13.2 Å². The number of benzene rings is 1. The van der Waals surface area contributed by atoms with E-state index in [1.165, 1.54) is 12.1 Å². The topological polar surface area (TPSA) is 134 Å². The molecule has 0 radical (unpaired) electrons. The van der Waals surface area contributed by atoms with E-state index in [-0.39, 0.29) is 36.7 Å². The Bertz CT molecular complexity index is 718. The maximum atomic E-state index is 12.4. The molecule has 1 aromatic carbocycles. The van der Waals surface area contributed by atoms with Crippen LogP contribution >= 0.6 is 0 Å². The quantitative estimate of drug-likeness (QED) is 0.173. The molecule has 0 spiro atoms. The van der Waals surface area contributed by atoms with Crippen molar-refractivity contribution in [1.29, 1.82) is 0 Å². The minimum Gasteiger partial charge on any atom is -0.466 e. The van der Waals surface area contributed by atoms with Crippen LogP contribution in [0.1, 0.15) is 49.4 Å². The predicted molar refractivity (Wildman–Crippen MR) is 104 cm³/mol. The van der Waals surface area contributed by atoms with Gasteiger partial charge in [-0.25, -0.2) is 0 Å². The Labute approximate surface area is 164 Å². The number of carbonyl (C=O) groups is 3. The predicted octanol–water partition coefficient (Wildman–Crippen LogP) is 1.81. The molecule has 1 fully saturated rings. The Morgan fingerprint density at radius 3 is 2.29 bits per heavy atom. The summed E-state index contributed by atoms with van der Waals surface area (Å²) >= 11 is 0. The summed E-state index contributed by atoms with van der Waals surface area (Å²) in [4.78, 5) is 39.8. The fourth-order valence-corrected chi connectivity index (χ4v) is 3.17. The zero-order chi connectivity index (χ0) is 20.5. The largest absolute Gasteiger partial charge is 0.466 e. The van der Waals surface area contributed by atoms with E-state index in [2.05, 4.69) is 4.99 Å². The molecule has 1 aliphatic rings. The fraction of sp³-hybridized carbons (Fsp3) is 0.500. The fourth-order valence-electron chi connectivity index (χ4n) is 3.17. The monoisotopic (exact) mass is 389 g/mol. The lowest BCUT2D eigenvalue weighted by Crippen LogP contribution is -2.28. The molecule has 1 aliphatic carbocycles. The van der Waals surface area contributed by atoms with Crippen molar-refractivity contribution in [3.8, 4) is 5.75 Å². The molecule has 1 saturated carbocycles. The molecular weight excluding hydrogens is 362 g/mol. The van der Waals surface area contributed by atoms with Gasteiger partial charge in [-0.2, -0.15) is 0 Å². The number of nitrogens with zero attached hydrogens (tertiary/aromatic N) is 1. The molecule has 152 valence electrons. The highest BCUT2D eigenvalue weighted by atomic mass is 16.5. The van der Waals surface area contributed by atoms with Crippen LogP contribution in [0, 0.1) is 11.8 Å². The molecular formula is C20H27N3O5. The standard InChI is InChI=1S/C20H27N3O5/c1-2-27-18(25)11-17(24)14-7-9-16(10-8-14)28-19(26)15-5-3-13(4-6-15)12-23-20(21)22/h7-10,13,15H,2-6,11-12H2,1H3,(H4,21,22,23). The van der Waals surface area contributed by atoms with Crippen LogP contribution in [-0.2, 0) is 14.3 Å². The smallest absolute Gasteiger partial charge is 0.314 e. The lowest BCUT2D eigenvalue weighted by molar-refractivity contribution is -0.142. The molecule has 1 aromatic rings. The van der Waals surface area contributed by atoms with Gasteiger partial charge in [0.25, 0.3) is 0 Å². The Morgan fingerprint density at radius 2 is 1.71 bits per heavy atom. The molecule has 0 unspecified atom stereocenters. The van der Waals surface area contributed by atoms with Gasteiger partial charge in [0, 0.05) is 12.1 Å². The molecule has 2 rings (SSSR count). The van der Waals surface area contributed by atoms with Crippen molar-refractivity contribution in [3.05, 3.63) is 29.8 Å². The SMILES string of the molecule is CCOC(=O)CC(=O)c1ccc(OC(=O)C2CCC(CN=C(N)N)CC2)cc1. The average molecular weight is 389 g/mol. The van der Waals surface area contributed by atoms with Gasteiger partial charge < -0.3 is 20.9 Å². The first-order chi connectivity index (χ1) is 13.4. The molecule has 0 amide bonds. The maximum absolute atomic E-state index is 12.4. The summed E-state index contributed by atoms with van der Waals surface area (Å²) < 4.78 is 10.2. The number of hydrogen-bond donors (Lipinski definition) is 2. The van der Waals surface area contributed by atoms with Crippen LogP contribution in [0.3, 0.4) is 0 Å². The highest BCUT2D eigenvalue weighted by molar-refractivity contribution is 6.06. The number of nitrogens with two attached hydrogens (primary N) is 2. The van der Waals surface area contributed by atoms with Gasteiger partial charge >= 0.3 is 11.9 Å². The molecule has 28 heavy (non-hydrogen) atoms. The number of rotatable bonds is 8. The molecule has 0 atom stereocenters. The van der Waals surface area contributed by atoms with Gasteiger partial charge in [-0.1, -0.05) is 0 Å². The van der Waals surface area contributed by atoms with Crippen molar-refractivity contribution >= 4 is 23.7 Å². The summed E-state index contributed by atoms with van der Waals surface area (Å²) in [5.41, 5.74) is 11.1. The zero-order valence-electron chi connectivity index (χ0n) is 16.1. The molecule has 0 aromatic heterocycles. The Balaban J connectivity index is 1.82. The average Bonchev–Trinajstić information content (AvgIpc) is 2.67. The van der Waals surface area contributed by atoms with Gasteiger partial charge in [0.2, 0.25) is 0 Å². The van der Waals surface area contributed by atoms with Crippen LogP contribution in [-0.4, -0.2) is 36.8 Å². The van der Waals surface area contributed by atoms with E-state index >= 15 is 0 Å². The summed E-state index contributed by atoms with van der Waals surface area (Å²) in [5.74, 6) is -0.470. The minimum atomic E-state index is -0.557. The first-order valence-corrected chi connectivity index (χ1v) is 9.45. The van der Waals surface area contributed by atoms with Gasteiger partial charge in [0.15, 0.2) is 11.7 Å². The third-order valence-electron chi connectivity index (χ3n) is 4.72. The van der Waals surface area contributed by atoms with Crippen molar-refractivity contribution in [2.24, 2.45) is 28.3 Å². The lowest BCUT2D eigenvalue weighted by Gasteiger charge is -2.26. The molecule has 0 aliphatic heterocycles. The molecule has 0 heterocycles. The molecule has 0 bridgehead atoms. The summed E-state index contributed by atoms with van der Waals surface area (Å²) in [6.07, 6.45) is 2.91. The molecule has 8 nitrogen and oxygen atoms in total. The summed E-state index contributed by atoms with van der Waals surface area (Å²) in [5, 5.41) is 0. The van der Waals surface area contributed by atoms with E-state index in [1.54, 1.807) is 19.1 Å². The van der Waals surface area contributed by atoms with Crippen LogP contribution in [0.2, 0.25) is 0 Å². The van der Waals surface area contributed by atoms with E-state index in [9.17, 15) is 14.4 Å². The number of aliphatic imine (C=N–C) groups is 1. The van der Waals surface area contributed by atoms with Crippen LogP contribution in [0.25, 0.3) is 0 Å². The third kappa shape index (κ3) is 6.68. The number of carbonyl (C=O) groups excluding carboxylic acids is 3. The highest BCUT2D eigenvalue weighted by Crippen LogP contribution is 2.30. The van der Waals surface area contributed by atoms with E-state index in [0.717, 1.165) is 25.7 Å². The van der Waals surface area contributed by atoms with Crippen LogP contribution < -0.4 is 16.2 Å². The number of esters is 2. The van der Waals surface area contributed by atoms with Crippen LogP contribution in [0.15, 0.2) is 29.3 Å². The lowest BCUT2D eigenvalue weighted by atomic mass is 9.82. The molecule has 8 heteroatoms. The van der Waals surface area contributed by atoms with Gasteiger partial charge in [-0.3, -0.25) is 19.4 Å². The second-order valence-electron chi connectivity index (χ2n) is 6.83. The van der Waals surface area contributed by atoms with Gasteiger partial charge in [0.1, 0.15) is 12.2 Å². The second kappa shape index (κ2) is 10.4. The number of ether oxygens (including phenoxy) is 2. The first-order valence-electron chi connectivity index (χ1n) is 9.45. The maximum Gasteiger partial charge on any atom is 0.314 e. The normalized spacial score (nSPS) is 18.8. The third-order valence-corrected chi connectivity index (χ3v) is 4.72. The minimum absolute atomic E-state index is 0.0886. The Morgan fingerprint density at radius 1 is 1.07 bits per heavy atom. The van der Waals surface area contributed by atoms with Gasteiger partial charge in [-0.05, 0) is 62.8 Å². The molecule has 0 saturated heterocycles. The zero-order valence-corrected chi connectivity index (χ0v) is 16.1.